The molecular weight excluding hydrogens is 152 g/mol. The van der Waals surface area contributed by atoms with Crippen LogP contribution in [0.1, 0.15) is 33.6 Å². The number of rotatable bonds is 5. The molecule has 0 aromatic rings. The third-order valence-electron chi connectivity index (χ3n) is 2.51. The lowest BCUT2D eigenvalue weighted by Gasteiger charge is -2.21. The number of hydrogen-bond donors (Lipinski definition) is 2. The molecule has 0 aliphatic carbocycles. The van der Waals surface area contributed by atoms with Crippen molar-refractivity contribution >= 4 is 6.03 Å². The number of nitrogens with one attached hydrogen (secondary N) is 1. The molecule has 2 amide bonds. The Balaban J connectivity index is 3.74. The van der Waals surface area contributed by atoms with Crippen molar-refractivity contribution < 1.29 is 4.79 Å². The van der Waals surface area contributed by atoms with Crippen molar-refractivity contribution in [2.24, 2.45) is 17.6 Å². The van der Waals surface area contributed by atoms with Crippen LogP contribution in [-0.4, -0.2) is 12.6 Å². The zero-order valence-electron chi connectivity index (χ0n) is 8.26. The van der Waals surface area contributed by atoms with Gasteiger partial charge in [-0.3, -0.25) is 0 Å². The summed E-state index contributed by atoms with van der Waals surface area (Å²) in [6.45, 7) is 7.22. The summed E-state index contributed by atoms with van der Waals surface area (Å²) in [6.07, 6.45) is 2.24. The Kier molecular flexibility index (Phi) is 5.51. The summed E-state index contributed by atoms with van der Waals surface area (Å²) in [5, 5.41) is 2.65. The zero-order valence-corrected chi connectivity index (χ0v) is 8.26. The highest BCUT2D eigenvalue weighted by molar-refractivity contribution is 5.71. The summed E-state index contributed by atoms with van der Waals surface area (Å²) < 4.78 is 0. The van der Waals surface area contributed by atoms with E-state index in [9.17, 15) is 4.79 Å². The molecule has 2 atom stereocenters. The van der Waals surface area contributed by atoms with Crippen molar-refractivity contribution in [2.45, 2.75) is 33.6 Å². The van der Waals surface area contributed by atoms with E-state index in [4.69, 9.17) is 5.73 Å². The van der Waals surface area contributed by atoms with Crippen molar-refractivity contribution in [2.75, 3.05) is 6.54 Å². The average molecular weight is 172 g/mol. The summed E-state index contributed by atoms with van der Waals surface area (Å²) >= 11 is 0. The third-order valence-corrected chi connectivity index (χ3v) is 2.51. The molecule has 0 aliphatic heterocycles. The van der Waals surface area contributed by atoms with Gasteiger partial charge in [-0.05, 0) is 11.8 Å². The molecule has 0 saturated carbocycles. The van der Waals surface area contributed by atoms with E-state index in [2.05, 4.69) is 26.1 Å². The summed E-state index contributed by atoms with van der Waals surface area (Å²) in [5.74, 6) is 1.21. The number of carbonyl (C=O) groups is 1. The topological polar surface area (TPSA) is 55.1 Å². The molecule has 12 heavy (non-hydrogen) atoms. The summed E-state index contributed by atoms with van der Waals surface area (Å²) in [6, 6.07) is -0.420. The molecule has 0 saturated heterocycles. The first kappa shape index (κ1) is 11.3. The van der Waals surface area contributed by atoms with Crippen LogP contribution in [0.3, 0.4) is 0 Å². The van der Waals surface area contributed by atoms with E-state index < -0.39 is 6.03 Å². The predicted octanol–water partition coefficient (Wildman–Crippen LogP) is 1.73. The predicted molar refractivity (Wildman–Crippen MR) is 50.8 cm³/mol. The Labute approximate surface area is 74.7 Å². The lowest BCUT2D eigenvalue weighted by Crippen LogP contribution is -2.35. The van der Waals surface area contributed by atoms with E-state index in [1.165, 1.54) is 0 Å². The molecule has 2 unspecified atom stereocenters. The number of urea groups is 1. The van der Waals surface area contributed by atoms with E-state index >= 15 is 0 Å². The lowest BCUT2D eigenvalue weighted by molar-refractivity contribution is 0.242. The van der Waals surface area contributed by atoms with Crippen LogP contribution in [0.4, 0.5) is 4.79 Å². The average Bonchev–Trinajstić information content (AvgIpc) is 2.04. The van der Waals surface area contributed by atoms with Crippen LogP contribution in [0.2, 0.25) is 0 Å². The van der Waals surface area contributed by atoms with E-state index in [1.807, 2.05) is 0 Å². The number of carbonyl (C=O) groups excluding carboxylic acids is 1. The van der Waals surface area contributed by atoms with Crippen LogP contribution >= 0.6 is 0 Å². The number of nitrogens with two attached hydrogens (primary N) is 1. The minimum atomic E-state index is -0.420. The Morgan fingerprint density at radius 2 is 2.00 bits per heavy atom. The number of amides is 2. The Morgan fingerprint density at radius 1 is 1.42 bits per heavy atom. The fourth-order valence-corrected chi connectivity index (χ4v) is 1.31. The quantitative estimate of drug-likeness (QED) is 0.652. The van der Waals surface area contributed by atoms with Crippen molar-refractivity contribution in [3.8, 4) is 0 Å². The molecule has 0 rings (SSSR count). The minimum absolute atomic E-state index is 0.420. The van der Waals surface area contributed by atoms with Gasteiger partial charge >= 0.3 is 6.03 Å². The number of hydrogen-bond acceptors (Lipinski definition) is 1. The smallest absolute Gasteiger partial charge is 0.312 e. The van der Waals surface area contributed by atoms with Gasteiger partial charge in [-0.15, -0.1) is 0 Å². The maximum absolute atomic E-state index is 10.4. The molecule has 0 spiro atoms. The normalized spacial score (nSPS) is 15.2. The standard InChI is InChI=1S/C9H20N2O/c1-4-7(3)8(5-2)6-11-9(10)12/h7-8H,4-6H2,1-3H3,(H3,10,11,12). The zero-order chi connectivity index (χ0) is 9.56. The highest BCUT2D eigenvalue weighted by Crippen LogP contribution is 2.17. The largest absolute Gasteiger partial charge is 0.352 e. The van der Waals surface area contributed by atoms with Crippen LogP contribution in [-0.2, 0) is 0 Å². The van der Waals surface area contributed by atoms with E-state index in [0.717, 1.165) is 12.8 Å². The summed E-state index contributed by atoms with van der Waals surface area (Å²) in [7, 11) is 0. The number of primary amides is 1. The second kappa shape index (κ2) is 5.86. The molecule has 0 aromatic heterocycles. The Morgan fingerprint density at radius 3 is 2.33 bits per heavy atom. The maximum atomic E-state index is 10.4. The Hall–Kier alpha value is -0.730. The maximum Gasteiger partial charge on any atom is 0.312 e. The Bertz CT molecular complexity index is 136. The van der Waals surface area contributed by atoms with Crippen LogP contribution < -0.4 is 11.1 Å². The summed E-state index contributed by atoms with van der Waals surface area (Å²) in [4.78, 5) is 10.4. The second-order valence-electron chi connectivity index (χ2n) is 3.30. The SMILES string of the molecule is CCC(C)C(CC)CNC(N)=O. The van der Waals surface area contributed by atoms with Gasteiger partial charge in [-0.25, -0.2) is 4.79 Å². The van der Waals surface area contributed by atoms with Crippen molar-refractivity contribution in [1.29, 1.82) is 0 Å². The van der Waals surface area contributed by atoms with Gasteiger partial charge in [-0.1, -0.05) is 33.6 Å². The highest BCUT2D eigenvalue weighted by Gasteiger charge is 2.13. The molecule has 3 nitrogen and oxygen atoms in total. The molecule has 0 radical (unpaired) electrons. The van der Waals surface area contributed by atoms with Crippen molar-refractivity contribution in [3.63, 3.8) is 0 Å². The first-order valence-electron chi connectivity index (χ1n) is 4.65. The molecular formula is C9H20N2O. The van der Waals surface area contributed by atoms with Gasteiger partial charge in [0.25, 0.3) is 0 Å². The molecule has 0 heterocycles. The van der Waals surface area contributed by atoms with E-state index in [0.29, 0.717) is 18.4 Å². The van der Waals surface area contributed by atoms with Crippen LogP contribution in [0.25, 0.3) is 0 Å². The van der Waals surface area contributed by atoms with E-state index in [1.54, 1.807) is 0 Å². The van der Waals surface area contributed by atoms with Gasteiger partial charge in [-0.2, -0.15) is 0 Å². The second-order valence-corrected chi connectivity index (χ2v) is 3.30. The molecule has 0 aliphatic rings. The molecule has 72 valence electrons. The van der Waals surface area contributed by atoms with Gasteiger partial charge in [0.1, 0.15) is 0 Å². The van der Waals surface area contributed by atoms with Crippen molar-refractivity contribution in [3.05, 3.63) is 0 Å². The first-order valence-corrected chi connectivity index (χ1v) is 4.65. The van der Waals surface area contributed by atoms with Crippen molar-refractivity contribution in [1.82, 2.24) is 5.32 Å². The monoisotopic (exact) mass is 172 g/mol. The van der Waals surface area contributed by atoms with Crippen LogP contribution in [0.5, 0.6) is 0 Å². The summed E-state index contributed by atoms with van der Waals surface area (Å²) in [5.41, 5.74) is 4.99. The van der Waals surface area contributed by atoms with Crippen LogP contribution in [0, 0.1) is 11.8 Å². The molecule has 0 fully saturated rings. The first-order chi connectivity index (χ1) is 5.61. The van der Waals surface area contributed by atoms with Gasteiger partial charge in [0.15, 0.2) is 0 Å². The van der Waals surface area contributed by atoms with Crippen LogP contribution in [0.15, 0.2) is 0 Å². The van der Waals surface area contributed by atoms with Gasteiger partial charge in [0.2, 0.25) is 0 Å². The fraction of sp³-hybridized carbons (Fsp3) is 0.889. The van der Waals surface area contributed by atoms with E-state index in [-0.39, 0.29) is 0 Å². The minimum Gasteiger partial charge on any atom is -0.352 e. The highest BCUT2D eigenvalue weighted by atomic mass is 16.2. The van der Waals surface area contributed by atoms with Gasteiger partial charge in [0, 0.05) is 6.54 Å². The lowest BCUT2D eigenvalue weighted by atomic mass is 9.89. The molecule has 0 bridgehead atoms. The fourth-order valence-electron chi connectivity index (χ4n) is 1.31. The molecule has 0 aromatic carbocycles. The third kappa shape index (κ3) is 4.21. The van der Waals surface area contributed by atoms with Gasteiger partial charge in [0.05, 0.1) is 0 Å². The molecule has 3 N–H and O–H groups in total. The van der Waals surface area contributed by atoms with Gasteiger partial charge < -0.3 is 11.1 Å². The molecule has 3 heteroatoms.